The molecule has 0 saturated carbocycles. The van der Waals surface area contributed by atoms with Crippen LogP contribution in [0.1, 0.15) is 10.5 Å². The van der Waals surface area contributed by atoms with Gasteiger partial charge in [0.2, 0.25) is 0 Å². The molecule has 0 aliphatic carbocycles. The van der Waals surface area contributed by atoms with Gasteiger partial charge in [0, 0.05) is 0 Å². The Bertz CT molecular complexity index is 393. The molecule has 0 aliphatic rings. The number of nitrogens with zero attached hydrogens (tertiary/aromatic N) is 2. The molecule has 1 aromatic rings. The van der Waals surface area contributed by atoms with Crippen LogP contribution in [-0.4, -0.2) is 22.2 Å². The van der Waals surface area contributed by atoms with E-state index in [0.717, 1.165) is 0 Å². The summed E-state index contributed by atoms with van der Waals surface area (Å²) in [4.78, 5) is 17.9. The minimum Gasteiger partial charge on any atom is -0.382 e. The minimum atomic E-state index is -1.10. The molecule has 0 aromatic carbocycles. The molecule has 0 atom stereocenters. The fourth-order valence-corrected chi connectivity index (χ4v) is 0.828. The molecule has 0 radical (unpaired) electrons. The second-order valence-electron chi connectivity index (χ2n) is 2.63. The molecule has 0 spiro atoms. The van der Waals surface area contributed by atoms with E-state index in [-0.39, 0.29) is 5.82 Å². The van der Waals surface area contributed by atoms with Crippen LogP contribution in [0.4, 0.5) is 16.0 Å². The maximum atomic E-state index is 12.9. The molecule has 1 aromatic heterocycles. The molecule has 8 nitrogen and oxygen atoms in total. The number of halogens is 1. The molecule has 0 bridgehead atoms. The van der Waals surface area contributed by atoms with Crippen molar-refractivity contribution in [3.8, 4) is 0 Å². The molecule has 1 heterocycles. The largest absolute Gasteiger partial charge is 0.382 e. The summed E-state index contributed by atoms with van der Waals surface area (Å²) in [6, 6.07) is 0. The zero-order valence-electron chi connectivity index (χ0n) is 7.57. The second-order valence-corrected chi connectivity index (χ2v) is 2.63. The molecule has 0 unspecified atom stereocenters. The summed E-state index contributed by atoms with van der Waals surface area (Å²) in [6.07, 6.45) is -1.10. The van der Waals surface area contributed by atoms with Crippen molar-refractivity contribution in [1.82, 2.24) is 15.3 Å². The highest BCUT2D eigenvalue weighted by Gasteiger charge is 2.17. The lowest BCUT2D eigenvalue weighted by atomic mass is 10.3. The third-order valence-electron chi connectivity index (χ3n) is 1.42. The van der Waals surface area contributed by atoms with Crippen LogP contribution in [0.25, 0.3) is 0 Å². The van der Waals surface area contributed by atoms with Crippen LogP contribution in [0.2, 0.25) is 0 Å². The van der Waals surface area contributed by atoms with Gasteiger partial charge in [-0.1, -0.05) is 0 Å². The SMILES string of the molecule is Nc1nc(N)c(C(=O)NC(N)N)nc1F. The normalized spacial score (nSPS) is 10.4. The second kappa shape index (κ2) is 4.02. The lowest BCUT2D eigenvalue weighted by molar-refractivity contribution is 0.0934. The average Bonchev–Trinajstić information content (AvgIpc) is 2.09. The maximum Gasteiger partial charge on any atom is 0.276 e. The fourth-order valence-electron chi connectivity index (χ4n) is 0.828. The van der Waals surface area contributed by atoms with Gasteiger partial charge in [0.25, 0.3) is 11.9 Å². The predicted octanol–water partition coefficient (Wildman–Crippen LogP) is -2.29. The number of hydrogen-bond acceptors (Lipinski definition) is 7. The Kier molecular flexibility index (Phi) is 2.97. The van der Waals surface area contributed by atoms with Gasteiger partial charge in [-0.05, 0) is 0 Å². The smallest absolute Gasteiger partial charge is 0.276 e. The van der Waals surface area contributed by atoms with Crippen LogP contribution >= 0.6 is 0 Å². The highest BCUT2D eigenvalue weighted by molar-refractivity contribution is 5.96. The summed E-state index contributed by atoms with van der Waals surface area (Å²) >= 11 is 0. The summed E-state index contributed by atoms with van der Waals surface area (Å²) in [5.41, 5.74) is 20.1. The van der Waals surface area contributed by atoms with E-state index in [1.54, 1.807) is 0 Å². The topological polar surface area (TPSA) is 159 Å². The summed E-state index contributed by atoms with van der Waals surface area (Å²) < 4.78 is 12.9. The van der Waals surface area contributed by atoms with Crippen LogP contribution in [0.5, 0.6) is 0 Å². The Morgan fingerprint density at radius 3 is 2.40 bits per heavy atom. The number of nitrogen functional groups attached to an aromatic ring is 2. The molecule has 0 fully saturated rings. The van der Waals surface area contributed by atoms with E-state index in [4.69, 9.17) is 22.9 Å². The first-order valence-electron chi connectivity index (χ1n) is 3.82. The van der Waals surface area contributed by atoms with E-state index in [1.807, 2.05) is 0 Å². The van der Waals surface area contributed by atoms with Crippen LogP contribution in [0, 0.1) is 5.95 Å². The quantitative estimate of drug-likeness (QED) is 0.347. The Labute approximate surface area is 83.8 Å². The Morgan fingerprint density at radius 1 is 1.27 bits per heavy atom. The molecule has 15 heavy (non-hydrogen) atoms. The molecular weight excluding hydrogens is 205 g/mol. The molecule has 0 saturated heterocycles. The zero-order chi connectivity index (χ0) is 11.6. The number of amides is 1. The van der Waals surface area contributed by atoms with Gasteiger partial charge in [-0.2, -0.15) is 4.39 Å². The lowest BCUT2D eigenvalue weighted by Gasteiger charge is -2.09. The van der Waals surface area contributed by atoms with Gasteiger partial charge < -0.3 is 16.8 Å². The lowest BCUT2D eigenvalue weighted by Crippen LogP contribution is -2.48. The van der Waals surface area contributed by atoms with Crippen molar-refractivity contribution in [1.29, 1.82) is 0 Å². The fraction of sp³-hybridized carbons (Fsp3) is 0.167. The molecule has 1 amide bonds. The van der Waals surface area contributed by atoms with Crippen LogP contribution in [0.3, 0.4) is 0 Å². The van der Waals surface area contributed by atoms with Crippen molar-refractivity contribution in [2.24, 2.45) is 11.5 Å². The molecule has 82 valence electrons. The number of carbonyl (C=O) groups is 1. The summed E-state index contributed by atoms with van der Waals surface area (Å²) in [5.74, 6) is -2.69. The standard InChI is InChI=1S/C6H10FN7O/c7-2-4(9)13-3(8)1(12-2)5(15)14-6(10)11/h6H,10-11H2,(H,14,15)(H4,8,9,13). The van der Waals surface area contributed by atoms with Gasteiger partial charge in [0.05, 0.1) is 0 Å². The first-order chi connectivity index (χ1) is 6.91. The number of anilines is 2. The molecule has 9 heteroatoms. The van der Waals surface area contributed by atoms with Gasteiger partial charge in [-0.3, -0.25) is 16.3 Å². The van der Waals surface area contributed by atoms with E-state index in [1.165, 1.54) is 0 Å². The highest BCUT2D eigenvalue weighted by Crippen LogP contribution is 2.10. The Balaban J connectivity index is 3.04. The van der Waals surface area contributed by atoms with E-state index in [0.29, 0.717) is 0 Å². The van der Waals surface area contributed by atoms with Crippen molar-refractivity contribution in [2.45, 2.75) is 6.29 Å². The number of nitrogens with one attached hydrogen (secondary N) is 1. The first-order valence-corrected chi connectivity index (χ1v) is 3.82. The number of rotatable bonds is 2. The number of nitrogens with two attached hydrogens (primary N) is 4. The predicted molar refractivity (Wildman–Crippen MR) is 50.4 cm³/mol. The van der Waals surface area contributed by atoms with E-state index >= 15 is 0 Å². The van der Waals surface area contributed by atoms with Crippen LogP contribution in [-0.2, 0) is 0 Å². The van der Waals surface area contributed by atoms with Gasteiger partial charge in [0.1, 0.15) is 6.29 Å². The van der Waals surface area contributed by atoms with E-state index in [2.05, 4.69) is 15.3 Å². The van der Waals surface area contributed by atoms with Crippen molar-refractivity contribution < 1.29 is 9.18 Å². The summed E-state index contributed by atoms with van der Waals surface area (Å²) in [7, 11) is 0. The first kappa shape index (κ1) is 11.1. The molecule has 0 aliphatic heterocycles. The minimum absolute atomic E-state index is 0.299. The van der Waals surface area contributed by atoms with Crippen molar-refractivity contribution >= 4 is 17.5 Å². The van der Waals surface area contributed by atoms with Crippen LogP contribution in [0.15, 0.2) is 0 Å². The van der Waals surface area contributed by atoms with Crippen molar-refractivity contribution in [2.75, 3.05) is 11.5 Å². The van der Waals surface area contributed by atoms with Crippen molar-refractivity contribution in [3.05, 3.63) is 11.6 Å². The van der Waals surface area contributed by atoms with Crippen LogP contribution < -0.4 is 28.3 Å². The van der Waals surface area contributed by atoms with E-state index in [9.17, 15) is 9.18 Å². The van der Waals surface area contributed by atoms with Crippen molar-refractivity contribution in [3.63, 3.8) is 0 Å². The summed E-state index contributed by atoms with van der Waals surface area (Å²) in [5, 5.41) is 2.07. The molecule has 1 rings (SSSR count). The monoisotopic (exact) mass is 215 g/mol. The third kappa shape index (κ3) is 2.48. The Morgan fingerprint density at radius 2 is 1.87 bits per heavy atom. The zero-order valence-corrected chi connectivity index (χ0v) is 7.57. The third-order valence-corrected chi connectivity index (χ3v) is 1.42. The van der Waals surface area contributed by atoms with Gasteiger partial charge in [-0.25, -0.2) is 9.97 Å². The maximum absolute atomic E-state index is 12.9. The van der Waals surface area contributed by atoms with Gasteiger partial charge in [-0.15, -0.1) is 0 Å². The van der Waals surface area contributed by atoms with Gasteiger partial charge in [0.15, 0.2) is 17.3 Å². The Hall–Kier alpha value is -2.00. The molecule has 9 N–H and O–H groups in total. The average molecular weight is 215 g/mol. The van der Waals surface area contributed by atoms with E-state index < -0.39 is 29.7 Å². The number of aromatic nitrogens is 2. The highest BCUT2D eigenvalue weighted by atomic mass is 19.1. The molecular formula is C6H10FN7O. The number of hydrogen-bond donors (Lipinski definition) is 5. The van der Waals surface area contributed by atoms with Gasteiger partial charge >= 0.3 is 0 Å². The summed E-state index contributed by atoms with van der Waals surface area (Å²) in [6.45, 7) is 0. The number of carbonyl (C=O) groups excluding carboxylic acids is 1.